The molecule has 2 aliphatic rings. The van der Waals surface area contributed by atoms with Crippen LogP contribution in [-0.2, 0) is 20.7 Å². The summed E-state index contributed by atoms with van der Waals surface area (Å²) in [5.41, 5.74) is 3.64. The summed E-state index contributed by atoms with van der Waals surface area (Å²) in [6, 6.07) is 14.7. The number of methoxy groups -OCH3 is 7. The molecule has 0 radical (unpaired) electrons. The third-order valence-corrected chi connectivity index (χ3v) is 10.4. The number of aliphatic hydroxyl groups excluding tert-OH is 1. The third-order valence-electron chi connectivity index (χ3n) is 10.4. The van der Waals surface area contributed by atoms with Gasteiger partial charge >= 0.3 is 0 Å². The maximum atomic E-state index is 13.1. The monoisotopic (exact) mass is 772 g/mol. The van der Waals surface area contributed by atoms with Crippen LogP contribution in [0.3, 0.4) is 0 Å². The Morgan fingerprint density at radius 3 is 2.14 bits per heavy atom. The molecule has 5 rings (SSSR count). The second-order valence-corrected chi connectivity index (χ2v) is 14.3. The molecule has 0 bridgehead atoms. The Morgan fingerprint density at radius 1 is 0.839 bits per heavy atom. The zero-order valence-electron chi connectivity index (χ0n) is 34.0. The lowest BCUT2D eigenvalue weighted by atomic mass is 9.86. The lowest BCUT2D eigenvalue weighted by molar-refractivity contribution is -0.117. The Hall–Kier alpha value is -5.01. The van der Waals surface area contributed by atoms with E-state index in [2.05, 4.69) is 16.7 Å². The van der Waals surface area contributed by atoms with Gasteiger partial charge in [0.05, 0.1) is 41.5 Å². The number of rotatable bonds is 18. The van der Waals surface area contributed by atoms with E-state index in [1.165, 1.54) is 6.08 Å². The Bertz CT molecular complexity index is 1930. The van der Waals surface area contributed by atoms with E-state index in [0.717, 1.165) is 22.3 Å². The molecule has 0 saturated heterocycles. The summed E-state index contributed by atoms with van der Waals surface area (Å²) in [4.78, 5) is 13.1. The molecule has 0 aromatic heterocycles. The summed E-state index contributed by atoms with van der Waals surface area (Å²) < 4.78 is 45.8. The molecule has 0 fully saturated rings. The van der Waals surface area contributed by atoms with Gasteiger partial charge in [-0.2, -0.15) is 0 Å². The summed E-state index contributed by atoms with van der Waals surface area (Å²) in [6.45, 7) is 5.96. The Morgan fingerprint density at radius 2 is 1.50 bits per heavy atom. The molecule has 56 heavy (non-hydrogen) atoms. The van der Waals surface area contributed by atoms with Gasteiger partial charge in [0.25, 0.3) is 0 Å². The van der Waals surface area contributed by atoms with Crippen molar-refractivity contribution < 1.29 is 47.8 Å². The zero-order chi connectivity index (χ0) is 40.6. The van der Waals surface area contributed by atoms with Crippen molar-refractivity contribution >= 4 is 12.0 Å². The third kappa shape index (κ3) is 9.50. The van der Waals surface area contributed by atoms with Gasteiger partial charge in [0.1, 0.15) is 24.0 Å². The van der Waals surface area contributed by atoms with Crippen molar-refractivity contribution in [1.29, 1.82) is 0 Å². The number of hydrogen-bond acceptors (Lipinski definition) is 11. The fourth-order valence-corrected chi connectivity index (χ4v) is 7.47. The standard InChI is InChI=1S/C44H56N2O10/c1-26(19-28-11-15-33(49-4)35(22-28)51-6)45-39(47)18-13-29-21-32-40(43(48)46-27(2)20-30-12-17-38(54-9)44(3,25-30)55-10)41(56-42(32)37(23-29)53-8)31-14-16-34(50-5)36(24-31)52-7/h11-18,21-27,38,40-41,43,46,48H,19-20H2,1-10H3,(H,45,47). The van der Waals surface area contributed by atoms with Crippen LogP contribution in [0.5, 0.6) is 34.5 Å². The number of allylic oxidation sites excluding steroid dienone is 1. The maximum absolute atomic E-state index is 13.1. The molecule has 302 valence electrons. The van der Waals surface area contributed by atoms with Crippen LogP contribution in [0.4, 0.5) is 0 Å². The SMILES string of the molecule is COc1ccc(CC(C)NC(=O)C=Cc2cc(OC)c3c(c2)C(C(O)NC(C)CC2=CC(C)(OC)C(OC)C=C2)C(c2ccc(OC)c(OC)c2)O3)cc1OC. The highest BCUT2D eigenvalue weighted by molar-refractivity contribution is 5.92. The molecule has 3 aromatic rings. The van der Waals surface area contributed by atoms with Crippen molar-refractivity contribution in [2.45, 2.75) is 75.7 Å². The van der Waals surface area contributed by atoms with Crippen LogP contribution in [0.15, 0.2) is 78.4 Å². The fraction of sp³-hybridized carbons (Fsp3) is 0.432. The van der Waals surface area contributed by atoms with E-state index in [1.54, 1.807) is 55.8 Å². The molecule has 7 unspecified atom stereocenters. The van der Waals surface area contributed by atoms with Crippen molar-refractivity contribution in [3.63, 3.8) is 0 Å². The van der Waals surface area contributed by atoms with Crippen LogP contribution >= 0.6 is 0 Å². The predicted molar refractivity (Wildman–Crippen MR) is 215 cm³/mol. The molecule has 3 N–H and O–H groups in total. The number of amides is 1. The highest BCUT2D eigenvalue weighted by Crippen LogP contribution is 2.53. The fourth-order valence-electron chi connectivity index (χ4n) is 7.47. The van der Waals surface area contributed by atoms with Gasteiger partial charge in [0.2, 0.25) is 5.91 Å². The molecule has 12 nitrogen and oxygen atoms in total. The van der Waals surface area contributed by atoms with E-state index in [4.69, 9.17) is 37.9 Å². The predicted octanol–water partition coefficient (Wildman–Crippen LogP) is 6.31. The number of carbonyl (C=O) groups is 1. The van der Waals surface area contributed by atoms with Crippen molar-refractivity contribution in [3.8, 4) is 34.5 Å². The molecule has 12 heteroatoms. The van der Waals surface area contributed by atoms with E-state index in [-0.39, 0.29) is 24.1 Å². The van der Waals surface area contributed by atoms with Crippen LogP contribution in [-0.4, -0.2) is 90.8 Å². The lowest BCUT2D eigenvalue weighted by Crippen LogP contribution is -2.43. The quantitative estimate of drug-likeness (QED) is 0.0992. The molecule has 1 aliphatic heterocycles. The van der Waals surface area contributed by atoms with Crippen molar-refractivity contribution in [2.75, 3.05) is 49.8 Å². The normalized spacial score (nSPS) is 21.7. The molecule has 0 saturated carbocycles. The zero-order valence-corrected chi connectivity index (χ0v) is 34.0. The largest absolute Gasteiger partial charge is 0.493 e. The second-order valence-electron chi connectivity index (χ2n) is 14.3. The van der Waals surface area contributed by atoms with Gasteiger partial charge in [-0.3, -0.25) is 10.1 Å². The van der Waals surface area contributed by atoms with E-state index < -0.39 is 23.9 Å². The van der Waals surface area contributed by atoms with Crippen LogP contribution < -0.4 is 39.1 Å². The molecule has 7 atom stereocenters. The molecular weight excluding hydrogens is 716 g/mol. The minimum absolute atomic E-state index is 0.147. The minimum Gasteiger partial charge on any atom is -0.493 e. The summed E-state index contributed by atoms with van der Waals surface area (Å²) >= 11 is 0. The number of benzene rings is 3. The average molecular weight is 773 g/mol. The van der Waals surface area contributed by atoms with Crippen molar-refractivity contribution in [2.24, 2.45) is 0 Å². The van der Waals surface area contributed by atoms with Gasteiger partial charge in [-0.1, -0.05) is 24.3 Å². The van der Waals surface area contributed by atoms with Gasteiger partial charge in [-0.05, 0) is 104 Å². The summed E-state index contributed by atoms with van der Waals surface area (Å²) in [6.07, 6.45) is 8.66. The molecule has 3 aromatic carbocycles. The topological polar surface area (TPSA) is 135 Å². The number of nitrogens with one attached hydrogen (secondary N) is 2. The lowest BCUT2D eigenvalue weighted by Gasteiger charge is -2.35. The number of fused-ring (bicyclic) bond motifs is 1. The Labute approximate surface area is 330 Å². The van der Waals surface area contributed by atoms with Gasteiger partial charge < -0.3 is 48.3 Å². The first-order valence-electron chi connectivity index (χ1n) is 18.6. The molecule has 1 heterocycles. The first-order valence-corrected chi connectivity index (χ1v) is 18.6. The molecule has 1 aliphatic carbocycles. The minimum atomic E-state index is -1.05. The highest BCUT2D eigenvalue weighted by atomic mass is 16.5. The van der Waals surface area contributed by atoms with Crippen molar-refractivity contribution in [3.05, 3.63) is 101 Å². The molecule has 0 spiro atoms. The number of hydrogen-bond donors (Lipinski definition) is 3. The number of aliphatic hydroxyl groups is 1. The highest BCUT2D eigenvalue weighted by Gasteiger charge is 2.43. The van der Waals surface area contributed by atoms with Crippen molar-refractivity contribution in [1.82, 2.24) is 10.6 Å². The number of carbonyl (C=O) groups excluding carboxylic acids is 1. The maximum Gasteiger partial charge on any atom is 0.244 e. The van der Waals surface area contributed by atoms with E-state index >= 15 is 0 Å². The van der Waals surface area contributed by atoms with E-state index in [0.29, 0.717) is 52.9 Å². The summed E-state index contributed by atoms with van der Waals surface area (Å²) in [5, 5.41) is 18.5. The average Bonchev–Trinajstić information content (AvgIpc) is 3.59. The van der Waals surface area contributed by atoms with Crippen LogP contribution in [0.2, 0.25) is 0 Å². The second kappa shape index (κ2) is 18.8. The first kappa shape index (κ1) is 42.1. The number of ether oxygens (including phenoxy) is 8. The van der Waals surface area contributed by atoms with Gasteiger partial charge in [0.15, 0.2) is 34.5 Å². The van der Waals surface area contributed by atoms with Gasteiger partial charge in [0, 0.05) is 37.9 Å². The molecular formula is C44H56N2O10. The summed E-state index contributed by atoms with van der Waals surface area (Å²) in [7, 11) is 11.2. The van der Waals surface area contributed by atoms with E-state index in [9.17, 15) is 9.90 Å². The van der Waals surface area contributed by atoms with Gasteiger partial charge in [-0.25, -0.2) is 0 Å². The van der Waals surface area contributed by atoms with Crippen LogP contribution in [0, 0.1) is 0 Å². The summed E-state index contributed by atoms with van der Waals surface area (Å²) in [5.74, 6) is 2.53. The van der Waals surface area contributed by atoms with Gasteiger partial charge in [-0.15, -0.1) is 0 Å². The van der Waals surface area contributed by atoms with Crippen LogP contribution in [0.25, 0.3) is 6.08 Å². The smallest absolute Gasteiger partial charge is 0.244 e. The Kier molecular flexibility index (Phi) is 14.1. The first-order chi connectivity index (χ1) is 26.9. The Balaban J connectivity index is 1.40. The molecule has 1 amide bonds. The van der Waals surface area contributed by atoms with Crippen LogP contribution in [0.1, 0.15) is 61.5 Å². The van der Waals surface area contributed by atoms with E-state index in [1.807, 2.05) is 81.5 Å².